The zero-order valence-electron chi connectivity index (χ0n) is 22.9. The van der Waals surface area contributed by atoms with Crippen LogP contribution in [0.25, 0.3) is 22.3 Å². The lowest BCUT2D eigenvalue weighted by Crippen LogP contribution is -2.25. The number of anilines is 2. The van der Waals surface area contributed by atoms with E-state index in [2.05, 4.69) is 37.4 Å². The summed E-state index contributed by atoms with van der Waals surface area (Å²) in [5.41, 5.74) is 15.2. The number of nitrogens with two attached hydrogens (primary N) is 2. The summed E-state index contributed by atoms with van der Waals surface area (Å²) in [6, 6.07) is 1.76. The molecule has 6 atom stereocenters. The van der Waals surface area contributed by atoms with Crippen LogP contribution < -0.4 is 11.5 Å². The second-order valence-electron chi connectivity index (χ2n) is 9.50. The average molecular weight is 590 g/mol. The fourth-order valence-electron chi connectivity index (χ4n) is 5.11. The molecule has 2 aliphatic rings. The molecular formula is C25H35N9O4S2. The monoisotopic (exact) mass is 589 g/mol. The summed E-state index contributed by atoms with van der Waals surface area (Å²) >= 11 is 3.55. The Labute approximate surface area is 240 Å². The van der Waals surface area contributed by atoms with Crippen molar-refractivity contribution in [2.45, 2.75) is 48.9 Å². The summed E-state index contributed by atoms with van der Waals surface area (Å²) in [4.78, 5) is 21.2. The van der Waals surface area contributed by atoms with Crippen LogP contribution in [0.4, 0.5) is 11.5 Å². The van der Waals surface area contributed by atoms with Gasteiger partial charge in [0.1, 0.15) is 29.8 Å². The molecule has 216 valence electrons. The van der Waals surface area contributed by atoms with E-state index in [4.69, 9.17) is 30.4 Å². The van der Waals surface area contributed by atoms with Crippen molar-refractivity contribution in [1.82, 2.24) is 34.1 Å². The minimum Gasteiger partial charge on any atom is -0.397 e. The number of rotatable bonds is 8. The fraction of sp³-hybridized carbons (Fsp3) is 0.560. The molecule has 6 rings (SSSR count). The maximum absolute atomic E-state index is 6.09. The molecule has 2 saturated heterocycles. The Morgan fingerprint density at radius 1 is 0.925 bits per heavy atom. The van der Waals surface area contributed by atoms with Gasteiger partial charge in [0, 0.05) is 44.3 Å². The van der Waals surface area contributed by atoms with Crippen molar-refractivity contribution in [2.75, 3.05) is 50.6 Å². The second-order valence-corrected chi connectivity index (χ2v) is 11.5. The Morgan fingerprint density at radius 2 is 1.62 bits per heavy atom. The number of hydrogen-bond acceptors (Lipinski definition) is 13. The van der Waals surface area contributed by atoms with E-state index in [-0.39, 0.29) is 30.8 Å². The van der Waals surface area contributed by atoms with Gasteiger partial charge in [0.2, 0.25) is 0 Å². The Balaban J connectivity index is 0.000000161. The minimum atomic E-state index is -0.128. The molecule has 0 bridgehead atoms. The Kier molecular flexibility index (Phi) is 9.27. The summed E-state index contributed by atoms with van der Waals surface area (Å²) < 4.78 is 26.8. The number of nitrogen functional groups attached to an aromatic ring is 2. The quantitative estimate of drug-likeness (QED) is 0.309. The van der Waals surface area contributed by atoms with Crippen LogP contribution in [0.1, 0.15) is 25.3 Å². The summed E-state index contributed by atoms with van der Waals surface area (Å²) in [5.74, 6) is 1.29. The zero-order chi connectivity index (χ0) is 28.2. The number of methoxy groups -OCH3 is 2. The Hall–Kier alpha value is -2.69. The molecule has 0 aliphatic carbocycles. The lowest BCUT2D eigenvalue weighted by atomic mass is 10.2. The SMILES string of the molecule is COC1C[C@H](n2cnc3c(N)ncnc32)O[C@@H]1CSC.COC[C@H]1O[C@@H](n2cnc3c(N)ccnc32)CC1SC. The van der Waals surface area contributed by atoms with E-state index in [1.807, 2.05) is 9.13 Å². The van der Waals surface area contributed by atoms with Crippen LogP contribution in [0.3, 0.4) is 0 Å². The molecule has 2 fully saturated rings. The highest BCUT2D eigenvalue weighted by Gasteiger charge is 2.37. The van der Waals surface area contributed by atoms with Crippen molar-refractivity contribution < 1.29 is 18.9 Å². The molecule has 4 aromatic heterocycles. The maximum Gasteiger partial charge on any atom is 0.167 e. The molecule has 13 nitrogen and oxygen atoms in total. The number of hydrogen-bond donors (Lipinski definition) is 2. The first-order chi connectivity index (χ1) is 19.5. The highest BCUT2D eigenvalue weighted by molar-refractivity contribution is 7.99. The molecule has 2 unspecified atom stereocenters. The summed E-state index contributed by atoms with van der Waals surface area (Å²) in [6.45, 7) is 0.601. The largest absolute Gasteiger partial charge is 0.397 e. The normalized spacial score (nSPS) is 26.4. The molecule has 0 saturated carbocycles. The minimum absolute atomic E-state index is 0.0631. The number of nitrogens with zero attached hydrogens (tertiary/aromatic N) is 7. The number of thioether (sulfide) groups is 2. The van der Waals surface area contributed by atoms with Gasteiger partial charge in [-0.1, -0.05) is 0 Å². The van der Waals surface area contributed by atoms with E-state index in [9.17, 15) is 0 Å². The highest BCUT2D eigenvalue weighted by Crippen LogP contribution is 2.37. The van der Waals surface area contributed by atoms with Crippen LogP contribution in [-0.2, 0) is 18.9 Å². The predicted molar refractivity (Wildman–Crippen MR) is 157 cm³/mol. The Morgan fingerprint density at radius 3 is 2.33 bits per heavy atom. The molecule has 2 aliphatic heterocycles. The predicted octanol–water partition coefficient (Wildman–Crippen LogP) is 2.75. The molecule has 6 heterocycles. The van der Waals surface area contributed by atoms with Crippen molar-refractivity contribution in [2.24, 2.45) is 0 Å². The molecule has 4 aromatic rings. The molecule has 0 radical (unpaired) electrons. The fourth-order valence-corrected chi connectivity index (χ4v) is 6.54. The second kappa shape index (κ2) is 12.9. The third-order valence-corrected chi connectivity index (χ3v) is 8.89. The smallest absolute Gasteiger partial charge is 0.167 e. The topological polar surface area (TPSA) is 163 Å². The summed E-state index contributed by atoms with van der Waals surface area (Å²) in [7, 11) is 3.42. The average Bonchev–Trinajstić information content (AvgIpc) is 3.74. The zero-order valence-corrected chi connectivity index (χ0v) is 24.5. The third kappa shape index (κ3) is 5.71. The van der Waals surface area contributed by atoms with Gasteiger partial charge in [-0.15, -0.1) is 0 Å². The van der Waals surface area contributed by atoms with E-state index < -0.39 is 0 Å². The standard InChI is InChI=1S/C13H18N4O2S.C12H17N5O2S/c1-18-6-9-10(20-2)5-11(19-9)17-7-16-12-8(14)3-4-15-13(12)17;1-18-7-3-9(19-8(7)4-20-2)17-6-16-10-11(13)14-5-15-12(10)17/h3-4,7,9-11H,5-6H2,1-2H3,(H2,14,15);5-9H,3-4H2,1-2H3,(H2,13,14,15)/t9-,10?,11-;7?,8-,9-/m11/s1. The molecule has 0 spiro atoms. The first kappa shape index (κ1) is 28.8. The van der Waals surface area contributed by atoms with E-state index >= 15 is 0 Å². The van der Waals surface area contributed by atoms with Gasteiger partial charge in [-0.2, -0.15) is 23.5 Å². The molecule has 0 amide bonds. The van der Waals surface area contributed by atoms with Gasteiger partial charge in [0.15, 0.2) is 17.1 Å². The molecule has 4 N–H and O–H groups in total. The summed E-state index contributed by atoms with van der Waals surface area (Å²) in [5, 5.41) is 0.415. The van der Waals surface area contributed by atoms with Gasteiger partial charge in [-0.3, -0.25) is 9.13 Å². The molecule has 15 heteroatoms. The molecular weight excluding hydrogens is 554 g/mol. The van der Waals surface area contributed by atoms with E-state index in [1.54, 1.807) is 62.7 Å². The lowest BCUT2D eigenvalue weighted by molar-refractivity contribution is -0.0291. The van der Waals surface area contributed by atoms with E-state index in [0.29, 0.717) is 34.5 Å². The molecule has 0 aromatic carbocycles. The summed E-state index contributed by atoms with van der Waals surface area (Å²) in [6.07, 6.45) is 12.5. The van der Waals surface area contributed by atoms with E-state index in [0.717, 1.165) is 29.8 Å². The number of imidazole rings is 2. The van der Waals surface area contributed by atoms with Crippen LogP contribution >= 0.6 is 23.5 Å². The van der Waals surface area contributed by atoms with Crippen LogP contribution in [0.15, 0.2) is 31.2 Å². The van der Waals surface area contributed by atoms with Gasteiger partial charge in [0.05, 0.1) is 43.3 Å². The van der Waals surface area contributed by atoms with Gasteiger partial charge >= 0.3 is 0 Å². The first-order valence-corrected chi connectivity index (χ1v) is 15.5. The van der Waals surface area contributed by atoms with Crippen molar-refractivity contribution in [3.05, 3.63) is 31.2 Å². The number of fused-ring (bicyclic) bond motifs is 2. The van der Waals surface area contributed by atoms with Crippen LogP contribution in [0, 0.1) is 0 Å². The van der Waals surface area contributed by atoms with Crippen LogP contribution in [-0.4, -0.2) is 96.7 Å². The van der Waals surface area contributed by atoms with Gasteiger partial charge in [-0.05, 0) is 18.6 Å². The van der Waals surface area contributed by atoms with E-state index in [1.165, 1.54) is 6.33 Å². The van der Waals surface area contributed by atoms with Crippen molar-refractivity contribution >= 4 is 57.4 Å². The number of aromatic nitrogens is 7. The number of pyridine rings is 1. The van der Waals surface area contributed by atoms with Gasteiger partial charge in [0.25, 0.3) is 0 Å². The lowest BCUT2D eigenvalue weighted by Gasteiger charge is -2.15. The number of ether oxygens (including phenoxy) is 4. The van der Waals surface area contributed by atoms with Crippen molar-refractivity contribution in [3.63, 3.8) is 0 Å². The van der Waals surface area contributed by atoms with Gasteiger partial charge in [-0.25, -0.2) is 24.9 Å². The van der Waals surface area contributed by atoms with Gasteiger partial charge < -0.3 is 30.4 Å². The van der Waals surface area contributed by atoms with Crippen LogP contribution in [0.2, 0.25) is 0 Å². The highest BCUT2D eigenvalue weighted by atomic mass is 32.2. The van der Waals surface area contributed by atoms with Crippen molar-refractivity contribution in [3.8, 4) is 0 Å². The van der Waals surface area contributed by atoms with Crippen LogP contribution in [0.5, 0.6) is 0 Å². The third-order valence-electron chi connectivity index (χ3n) is 7.13. The van der Waals surface area contributed by atoms with Crippen molar-refractivity contribution in [1.29, 1.82) is 0 Å². The Bertz CT molecular complexity index is 1310. The maximum atomic E-state index is 6.09. The first-order valence-electron chi connectivity index (χ1n) is 12.8. The molecule has 40 heavy (non-hydrogen) atoms.